The van der Waals surface area contributed by atoms with Gasteiger partial charge < -0.3 is 15.6 Å². The first-order chi connectivity index (χ1) is 8.27. The molecule has 0 aliphatic rings. The third-order valence-electron chi connectivity index (χ3n) is 2.57. The van der Waals surface area contributed by atoms with Gasteiger partial charge in [-0.2, -0.15) is 0 Å². The lowest BCUT2D eigenvalue weighted by Gasteiger charge is -2.07. The molecule has 0 aliphatic carbocycles. The van der Waals surface area contributed by atoms with E-state index in [0.29, 0.717) is 17.9 Å². The Labute approximate surface area is 101 Å². The van der Waals surface area contributed by atoms with Gasteiger partial charge in [-0.3, -0.25) is 0 Å². The molecule has 17 heavy (non-hydrogen) atoms. The van der Waals surface area contributed by atoms with Crippen LogP contribution in [-0.2, 0) is 6.54 Å². The lowest BCUT2D eigenvalue weighted by Crippen LogP contribution is -2.02. The molecule has 1 aromatic rings. The van der Waals surface area contributed by atoms with E-state index in [1.54, 1.807) is 12.1 Å². The second kappa shape index (κ2) is 8.03. The SMILES string of the molecule is NCc1ccc(OCCCCCCO)cc1F. The van der Waals surface area contributed by atoms with Gasteiger partial charge in [0.1, 0.15) is 11.6 Å². The summed E-state index contributed by atoms with van der Waals surface area (Å²) in [4.78, 5) is 0. The predicted octanol–water partition coefficient (Wildman–Crippen LogP) is 2.22. The molecule has 0 amide bonds. The highest BCUT2D eigenvalue weighted by molar-refractivity contribution is 5.28. The Kier molecular flexibility index (Phi) is 6.58. The Hall–Kier alpha value is -1.13. The number of aliphatic hydroxyl groups excluding tert-OH is 1. The molecule has 0 aromatic heterocycles. The molecule has 0 saturated heterocycles. The van der Waals surface area contributed by atoms with E-state index in [0.717, 1.165) is 25.7 Å². The minimum atomic E-state index is -0.315. The zero-order valence-electron chi connectivity index (χ0n) is 9.99. The largest absolute Gasteiger partial charge is 0.493 e. The first-order valence-electron chi connectivity index (χ1n) is 6.00. The highest BCUT2D eigenvalue weighted by atomic mass is 19.1. The standard InChI is InChI=1S/C13H20FNO2/c14-13-9-12(6-5-11(13)10-15)17-8-4-2-1-3-7-16/h5-6,9,16H,1-4,7-8,10,15H2. The molecular weight excluding hydrogens is 221 g/mol. The normalized spacial score (nSPS) is 10.5. The highest BCUT2D eigenvalue weighted by Crippen LogP contribution is 2.16. The third kappa shape index (κ3) is 5.15. The summed E-state index contributed by atoms with van der Waals surface area (Å²) in [5.41, 5.74) is 5.87. The van der Waals surface area contributed by atoms with Gasteiger partial charge in [-0.1, -0.05) is 12.5 Å². The van der Waals surface area contributed by atoms with Crippen molar-refractivity contribution in [3.05, 3.63) is 29.6 Å². The van der Waals surface area contributed by atoms with Gasteiger partial charge in [-0.05, 0) is 25.3 Å². The molecule has 4 heteroatoms. The zero-order chi connectivity index (χ0) is 12.5. The maximum atomic E-state index is 13.3. The number of nitrogens with two attached hydrogens (primary N) is 1. The minimum Gasteiger partial charge on any atom is -0.493 e. The third-order valence-corrected chi connectivity index (χ3v) is 2.57. The van der Waals surface area contributed by atoms with E-state index < -0.39 is 0 Å². The van der Waals surface area contributed by atoms with Crippen LogP contribution in [0, 0.1) is 5.82 Å². The Morgan fingerprint density at radius 1 is 1.18 bits per heavy atom. The van der Waals surface area contributed by atoms with Crippen LogP contribution in [0.3, 0.4) is 0 Å². The van der Waals surface area contributed by atoms with Crippen molar-refractivity contribution in [1.82, 2.24) is 0 Å². The molecule has 0 radical (unpaired) electrons. The lowest BCUT2D eigenvalue weighted by atomic mass is 10.2. The topological polar surface area (TPSA) is 55.5 Å². The van der Waals surface area contributed by atoms with E-state index in [1.165, 1.54) is 6.07 Å². The van der Waals surface area contributed by atoms with Gasteiger partial charge in [0.2, 0.25) is 0 Å². The summed E-state index contributed by atoms with van der Waals surface area (Å²) in [5.74, 6) is 0.229. The Morgan fingerprint density at radius 2 is 1.94 bits per heavy atom. The summed E-state index contributed by atoms with van der Waals surface area (Å²) >= 11 is 0. The Morgan fingerprint density at radius 3 is 2.59 bits per heavy atom. The van der Waals surface area contributed by atoms with Gasteiger partial charge in [0.25, 0.3) is 0 Å². The molecule has 0 bridgehead atoms. The summed E-state index contributed by atoms with van der Waals surface area (Å²) in [5, 5.41) is 8.60. The number of rotatable bonds is 8. The maximum Gasteiger partial charge on any atom is 0.131 e. The molecule has 1 aromatic carbocycles. The number of unbranched alkanes of at least 4 members (excludes halogenated alkanes) is 3. The highest BCUT2D eigenvalue weighted by Gasteiger charge is 2.02. The number of benzene rings is 1. The molecule has 0 saturated carbocycles. The fourth-order valence-electron chi connectivity index (χ4n) is 1.54. The van der Waals surface area contributed by atoms with Crippen LogP contribution in [-0.4, -0.2) is 18.3 Å². The maximum absolute atomic E-state index is 13.3. The first-order valence-corrected chi connectivity index (χ1v) is 6.00. The number of ether oxygens (including phenoxy) is 1. The van der Waals surface area contributed by atoms with Crippen molar-refractivity contribution in [2.75, 3.05) is 13.2 Å². The van der Waals surface area contributed by atoms with Gasteiger partial charge in [-0.25, -0.2) is 4.39 Å². The van der Waals surface area contributed by atoms with Crippen LogP contribution >= 0.6 is 0 Å². The summed E-state index contributed by atoms with van der Waals surface area (Å²) < 4.78 is 18.8. The predicted molar refractivity (Wildman–Crippen MR) is 65.3 cm³/mol. The van der Waals surface area contributed by atoms with E-state index in [4.69, 9.17) is 15.6 Å². The van der Waals surface area contributed by atoms with E-state index in [2.05, 4.69) is 0 Å². The molecule has 1 rings (SSSR count). The number of aliphatic hydroxyl groups is 1. The van der Waals surface area contributed by atoms with Gasteiger partial charge in [0.05, 0.1) is 6.61 Å². The fraction of sp³-hybridized carbons (Fsp3) is 0.538. The van der Waals surface area contributed by atoms with Crippen molar-refractivity contribution in [3.8, 4) is 5.75 Å². The van der Waals surface area contributed by atoms with Crippen LogP contribution < -0.4 is 10.5 Å². The van der Waals surface area contributed by atoms with E-state index in [9.17, 15) is 4.39 Å². The summed E-state index contributed by atoms with van der Waals surface area (Å²) in [7, 11) is 0. The lowest BCUT2D eigenvalue weighted by molar-refractivity contribution is 0.273. The molecular formula is C13H20FNO2. The molecule has 3 N–H and O–H groups in total. The van der Waals surface area contributed by atoms with Crippen molar-refractivity contribution < 1.29 is 14.2 Å². The first kappa shape index (κ1) is 13.9. The molecule has 0 atom stereocenters. The van der Waals surface area contributed by atoms with Crippen molar-refractivity contribution in [3.63, 3.8) is 0 Å². The molecule has 0 fully saturated rings. The van der Waals surface area contributed by atoms with Crippen LogP contribution in [0.2, 0.25) is 0 Å². The number of hydrogen-bond donors (Lipinski definition) is 2. The molecule has 0 aliphatic heterocycles. The van der Waals surface area contributed by atoms with Crippen molar-refractivity contribution >= 4 is 0 Å². The van der Waals surface area contributed by atoms with Crippen molar-refractivity contribution in [2.24, 2.45) is 5.73 Å². The zero-order valence-corrected chi connectivity index (χ0v) is 9.99. The summed E-state index contributed by atoms with van der Waals surface area (Å²) in [6.45, 7) is 1.02. The minimum absolute atomic E-state index is 0.202. The number of hydrogen-bond acceptors (Lipinski definition) is 3. The van der Waals surface area contributed by atoms with Crippen molar-refractivity contribution in [1.29, 1.82) is 0 Å². The van der Waals surface area contributed by atoms with Crippen LogP contribution in [0.4, 0.5) is 4.39 Å². The fourth-order valence-corrected chi connectivity index (χ4v) is 1.54. The monoisotopic (exact) mass is 241 g/mol. The molecule has 0 spiro atoms. The molecule has 3 nitrogen and oxygen atoms in total. The van der Waals surface area contributed by atoms with Gasteiger partial charge in [0.15, 0.2) is 0 Å². The second-order valence-electron chi connectivity index (χ2n) is 3.94. The summed E-state index contributed by atoms with van der Waals surface area (Å²) in [6, 6.07) is 4.76. The van der Waals surface area contributed by atoms with Crippen LogP contribution in [0.1, 0.15) is 31.2 Å². The average molecular weight is 241 g/mol. The van der Waals surface area contributed by atoms with Crippen LogP contribution in [0.5, 0.6) is 5.75 Å². The quantitative estimate of drug-likeness (QED) is 0.686. The molecule has 96 valence electrons. The molecule has 0 unspecified atom stereocenters. The van der Waals surface area contributed by atoms with E-state index in [-0.39, 0.29) is 19.0 Å². The molecule has 0 heterocycles. The average Bonchev–Trinajstić information content (AvgIpc) is 2.34. The van der Waals surface area contributed by atoms with Gasteiger partial charge >= 0.3 is 0 Å². The smallest absolute Gasteiger partial charge is 0.131 e. The van der Waals surface area contributed by atoms with Crippen LogP contribution in [0.15, 0.2) is 18.2 Å². The van der Waals surface area contributed by atoms with Gasteiger partial charge in [-0.15, -0.1) is 0 Å². The Balaban J connectivity index is 2.25. The van der Waals surface area contributed by atoms with E-state index in [1.807, 2.05) is 0 Å². The summed E-state index contributed by atoms with van der Waals surface area (Å²) in [6.07, 6.45) is 3.77. The second-order valence-corrected chi connectivity index (χ2v) is 3.94. The number of halogens is 1. The van der Waals surface area contributed by atoms with E-state index >= 15 is 0 Å². The van der Waals surface area contributed by atoms with Crippen LogP contribution in [0.25, 0.3) is 0 Å². The van der Waals surface area contributed by atoms with Gasteiger partial charge in [0, 0.05) is 24.8 Å². The Bertz CT molecular complexity index is 331. The van der Waals surface area contributed by atoms with Crippen molar-refractivity contribution in [2.45, 2.75) is 32.2 Å².